The summed E-state index contributed by atoms with van der Waals surface area (Å²) < 4.78 is 0. The average molecular weight is 287 g/mol. The van der Waals surface area contributed by atoms with Gasteiger partial charge in [-0.3, -0.25) is 4.79 Å². The average Bonchev–Trinajstić information content (AvgIpc) is 3.15. The molecule has 1 saturated carbocycles. The van der Waals surface area contributed by atoms with E-state index in [1.54, 1.807) is 11.3 Å². The fraction of sp³-hybridized carbons (Fsp3) is 0.333. The highest BCUT2D eigenvalue weighted by Gasteiger charge is 2.23. The fourth-order valence-corrected chi connectivity index (χ4v) is 2.80. The highest BCUT2D eigenvalue weighted by Crippen LogP contribution is 2.24. The van der Waals surface area contributed by atoms with Gasteiger partial charge in [0.05, 0.1) is 12.1 Å². The summed E-state index contributed by atoms with van der Waals surface area (Å²) in [4.78, 5) is 16.3. The van der Waals surface area contributed by atoms with E-state index >= 15 is 0 Å². The molecule has 1 aliphatic rings. The Kier molecular flexibility index (Phi) is 3.80. The number of nitrogens with one attached hydrogen (secondary N) is 1. The smallest absolute Gasteiger partial charge is 0.226 e. The molecule has 0 bridgehead atoms. The van der Waals surface area contributed by atoms with Gasteiger partial charge in [0.25, 0.3) is 0 Å². The summed E-state index contributed by atoms with van der Waals surface area (Å²) in [5, 5.41) is 5.88. The summed E-state index contributed by atoms with van der Waals surface area (Å²) in [6, 6.07) is 8.47. The minimum atomic E-state index is 0.0721. The third-order valence-electron chi connectivity index (χ3n) is 3.27. The van der Waals surface area contributed by atoms with Crippen molar-refractivity contribution < 1.29 is 4.79 Å². The van der Waals surface area contributed by atoms with Gasteiger partial charge in [0.1, 0.15) is 5.01 Å². The van der Waals surface area contributed by atoms with Crippen LogP contribution in [0.25, 0.3) is 10.6 Å². The Morgan fingerprint density at radius 3 is 2.75 bits per heavy atom. The molecular weight excluding hydrogens is 270 g/mol. The van der Waals surface area contributed by atoms with E-state index < -0.39 is 0 Å². The van der Waals surface area contributed by atoms with Crippen molar-refractivity contribution >= 4 is 17.2 Å². The fourth-order valence-electron chi connectivity index (χ4n) is 1.98. The summed E-state index contributed by atoms with van der Waals surface area (Å²) in [5.74, 6) is 0.0721. The van der Waals surface area contributed by atoms with E-state index in [1.165, 1.54) is 0 Å². The van der Waals surface area contributed by atoms with Crippen LogP contribution in [-0.2, 0) is 17.8 Å². The van der Waals surface area contributed by atoms with Gasteiger partial charge in [-0.25, -0.2) is 4.98 Å². The van der Waals surface area contributed by atoms with Crippen molar-refractivity contribution in [3.8, 4) is 10.6 Å². The van der Waals surface area contributed by atoms with Crippen molar-refractivity contribution in [2.24, 2.45) is 5.73 Å². The number of nitrogens with two attached hydrogens (primary N) is 1. The first kappa shape index (κ1) is 13.3. The predicted molar refractivity (Wildman–Crippen MR) is 80.3 cm³/mol. The summed E-state index contributed by atoms with van der Waals surface area (Å²) in [5.41, 5.74) is 8.60. The van der Waals surface area contributed by atoms with E-state index in [2.05, 4.69) is 10.3 Å². The molecule has 0 saturated heterocycles. The molecule has 0 radical (unpaired) electrons. The highest BCUT2D eigenvalue weighted by molar-refractivity contribution is 7.13. The molecule has 4 nitrogen and oxygen atoms in total. The zero-order chi connectivity index (χ0) is 13.9. The van der Waals surface area contributed by atoms with Crippen molar-refractivity contribution in [2.45, 2.75) is 31.8 Å². The van der Waals surface area contributed by atoms with Crippen LogP contribution in [0.2, 0.25) is 0 Å². The number of carbonyl (C=O) groups is 1. The van der Waals surface area contributed by atoms with Crippen molar-refractivity contribution in [2.75, 3.05) is 0 Å². The van der Waals surface area contributed by atoms with Crippen molar-refractivity contribution in [3.05, 3.63) is 40.9 Å². The van der Waals surface area contributed by atoms with Crippen LogP contribution in [0.15, 0.2) is 29.6 Å². The highest BCUT2D eigenvalue weighted by atomic mass is 32.1. The molecular formula is C15H17N3OS. The largest absolute Gasteiger partial charge is 0.353 e. The minimum Gasteiger partial charge on any atom is -0.353 e. The monoisotopic (exact) mass is 287 g/mol. The molecule has 3 N–H and O–H groups in total. The number of nitrogens with zero attached hydrogens (tertiary/aromatic N) is 1. The van der Waals surface area contributed by atoms with Gasteiger partial charge >= 0.3 is 0 Å². The Hall–Kier alpha value is -1.72. The molecule has 20 heavy (non-hydrogen) atoms. The van der Waals surface area contributed by atoms with E-state index in [-0.39, 0.29) is 5.91 Å². The first-order valence-corrected chi connectivity index (χ1v) is 7.65. The lowest BCUT2D eigenvalue weighted by Gasteiger charge is -2.00. The van der Waals surface area contributed by atoms with Crippen LogP contribution in [0, 0.1) is 0 Å². The number of benzene rings is 1. The molecule has 1 amide bonds. The Morgan fingerprint density at radius 2 is 2.10 bits per heavy atom. The maximum Gasteiger partial charge on any atom is 0.226 e. The summed E-state index contributed by atoms with van der Waals surface area (Å²) in [6.07, 6.45) is 2.59. The third kappa shape index (κ3) is 3.23. The topological polar surface area (TPSA) is 68.0 Å². The van der Waals surface area contributed by atoms with Crippen LogP contribution in [0.3, 0.4) is 0 Å². The maximum absolute atomic E-state index is 11.7. The molecule has 0 spiro atoms. The predicted octanol–water partition coefficient (Wildman–Crippen LogP) is 2.09. The van der Waals surface area contributed by atoms with Gasteiger partial charge in [-0.2, -0.15) is 0 Å². The number of amides is 1. The lowest BCUT2D eigenvalue weighted by Crippen LogP contribution is -2.27. The maximum atomic E-state index is 11.7. The van der Waals surface area contributed by atoms with E-state index in [0.717, 1.165) is 34.7 Å². The SMILES string of the molecule is NCc1ccc(-c2nc(CC(=O)NC3CC3)cs2)cc1. The van der Waals surface area contributed by atoms with Gasteiger partial charge in [0.15, 0.2) is 0 Å². The standard InChI is InChI=1S/C15H17N3OS/c16-8-10-1-3-11(4-2-10)15-18-13(9-20-15)7-14(19)17-12-5-6-12/h1-4,9,12H,5-8,16H2,(H,17,19). The molecule has 104 valence electrons. The second-order valence-corrected chi connectivity index (χ2v) is 5.92. The van der Waals surface area contributed by atoms with Crippen molar-refractivity contribution in [1.29, 1.82) is 0 Å². The zero-order valence-corrected chi connectivity index (χ0v) is 12.0. The van der Waals surface area contributed by atoms with Crippen LogP contribution in [-0.4, -0.2) is 16.9 Å². The van der Waals surface area contributed by atoms with Crippen molar-refractivity contribution in [1.82, 2.24) is 10.3 Å². The molecule has 3 rings (SSSR count). The third-order valence-corrected chi connectivity index (χ3v) is 4.21. The van der Waals surface area contributed by atoms with Crippen LogP contribution >= 0.6 is 11.3 Å². The minimum absolute atomic E-state index is 0.0721. The van der Waals surface area contributed by atoms with Crippen molar-refractivity contribution in [3.63, 3.8) is 0 Å². The summed E-state index contributed by atoms with van der Waals surface area (Å²) >= 11 is 1.57. The second-order valence-electron chi connectivity index (χ2n) is 5.06. The van der Waals surface area contributed by atoms with E-state index in [4.69, 9.17) is 5.73 Å². The summed E-state index contributed by atoms with van der Waals surface area (Å²) in [7, 11) is 0. The molecule has 0 aliphatic heterocycles. The molecule has 1 fully saturated rings. The molecule has 1 aromatic heterocycles. The van der Waals surface area contributed by atoms with Gasteiger partial charge in [-0.15, -0.1) is 11.3 Å². The Bertz CT molecular complexity index is 602. The van der Waals surface area contributed by atoms with Crippen LogP contribution in [0.4, 0.5) is 0 Å². The normalized spacial score (nSPS) is 14.2. The summed E-state index contributed by atoms with van der Waals surface area (Å²) in [6.45, 7) is 0.546. The van der Waals surface area contributed by atoms with Gasteiger partial charge in [-0.05, 0) is 18.4 Å². The Morgan fingerprint density at radius 1 is 1.35 bits per heavy atom. The van der Waals surface area contributed by atoms with Crippen LogP contribution in [0.5, 0.6) is 0 Å². The molecule has 2 aromatic rings. The van der Waals surface area contributed by atoms with E-state index in [9.17, 15) is 4.79 Å². The number of aromatic nitrogens is 1. The first-order valence-electron chi connectivity index (χ1n) is 6.78. The van der Waals surface area contributed by atoms with Crippen LogP contribution < -0.4 is 11.1 Å². The molecule has 1 aromatic carbocycles. The van der Waals surface area contributed by atoms with Gasteiger partial charge in [0, 0.05) is 23.5 Å². The molecule has 0 unspecified atom stereocenters. The number of thiazole rings is 1. The molecule has 5 heteroatoms. The second kappa shape index (κ2) is 5.73. The van der Waals surface area contributed by atoms with Crippen LogP contribution in [0.1, 0.15) is 24.1 Å². The van der Waals surface area contributed by atoms with E-state index in [0.29, 0.717) is 19.0 Å². The first-order chi connectivity index (χ1) is 9.74. The lowest BCUT2D eigenvalue weighted by atomic mass is 10.1. The van der Waals surface area contributed by atoms with Gasteiger partial charge in [0.2, 0.25) is 5.91 Å². The number of rotatable bonds is 5. The Balaban J connectivity index is 1.66. The number of hydrogen-bond donors (Lipinski definition) is 2. The zero-order valence-electron chi connectivity index (χ0n) is 11.1. The molecule has 1 heterocycles. The lowest BCUT2D eigenvalue weighted by molar-refractivity contribution is -0.120. The molecule has 1 aliphatic carbocycles. The quantitative estimate of drug-likeness (QED) is 0.885. The number of carbonyl (C=O) groups excluding carboxylic acids is 1. The Labute approximate surface area is 122 Å². The van der Waals surface area contributed by atoms with Gasteiger partial charge < -0.3 is 11.1 Å². The van der Waals surface area contributed by atoms with E-state index in [1.807, 2.05) is 29.6 Å². The molecule has 0 atom stereocenters. The van der Waals surface area contributed by atoms with Gasteiger partial charge in [-0.1, -0.05) is 24.3 Å². The number of hydrogen-bond acceptors (Lipinski definition) is 4.